The van der Waals surface area contributed by atoms with Crippen LogP contribution in [-0.4, -0.2) is 6.54 Å². The Morgan fingerprint density at radius 1 is 0.328 bits per heavy atom. The van der Waals surface area contributed by atoms with Gasteiger partial charge in [-0.1, -0.05) is 158 Å². The van der Waals surface area contributed by atoms with Crippen LogP contribution < -0.4 is 14.7 Å². The van der Waals surface area contributed by atoms with E-state index in [2.05, 4.69) is 251 Å². The fourth-order valence-electron chi connectivity index (χ4n) is 10.1. The van der Waals surface area contributed by atoms with Crippen molar-refractivity contribution in [3.05, 3.63) is 242 Å². The molecule has 11 aromatic rings. The van der Waals surface area contributed by atoms with E-state index in [1.807, 2.05) is 0 Å². The lowest BCUT2D eigenvalue weighted by atomic mass is 9.88. The summed E-state index contributed by atoms with van der Waals surface area (Å²) in [4.78, 5) is 7.44. The molecular formula is C61H45N3. The van der Waals surface area contributed by atoms with Crippen molar-refractivity contribution in [2.24, 2.45) is 0 Å². The molecule has 1 aliphatic heterocycles. The van der Waals surface area contributed by atoms with E-state index in [9.17, 15) is 0 Å². The van der Waals surface area contributed by atoms with Gasteiger partial charge in [0.25, 0.3) is 0 Å². The molecule has 12 rings (SSSR count). The van der Waals surface area contributed by atoms with Crippen LogP contribution in [0.5, 0.6) is 0 Å². The number of nitrogens with zero attached hydrogens (tertiary/aromatic N) is 3. The van der Waals surface area contributed by atoms with Gasteiger partial charge < -0.3 is 14.7 Å². The predicted molar refractivity (Wildman–Crippen MR) is 273 cm³/mol. The maximum atomic E-state index is 2.61. The average Bonchev–Trinajstić information content (AvgIpc) is 3.36. The molecule has 0 radical (unpaired) electrons. The lowest BCUT2D eigenvalue weighted by molar-refractivity contribution is 0.770. The lowest BCUT2D eigenvalue weighted by Crippen LogP contribution is -2.25. The van der Waals surface area contributed by atoms with Crippen molar-refractivity contribution in [2.75, 3.05) is 21.2 Å². The molecule has 1 heterocycles. The Labute approximate surface area is 374 Å². The number of hydrogen-bond donors (Lipinski definition) is 0. The van der Waals surface area contributed by atoms with Crippen LogP contribution in [0.3, 0.4) is 0 Å². The second-order valence-electron chi connectivity index (χ2n) is 16.8. The van der Waals surface area contributed by atoms with Crippen LogP contribution in [0.2, 0.25) is 0 Å². The number of anilines is 8. The Morgan fingerprint density at radius 3 is 1.41 bits per heavy atom. The monoisotopic (exact) mass is 819 g/mol. The van der Waals surface area contributed by atoms with Crippen molar-refractivity contribution in [3.8, 4) is 11.1 Å². The van der Waals surface area contributed by atoms with Gasteiger partial charge >= 0.3 is 0 Å². The second kappa shape index (κ2) is 16.0. The maximum Gasteiger partial charge on any atom is 0.0571 e. The molecular weight excluding hydrogens is 775 g/mol. The number of para-hydroxylation sites is 3. The first-order valence-corrected chi connectivity index (χ1v) is 22.4. The van der Waals surface area contributed by atoms with E-state index in [4.69, 9.17) is 0 Å². The Bertz CT molecular complexity index is 3490. The minimum absolute atomic E-state index is 0.929. The minimum atomic E-state index is 0.929. The van der Waals surface area contributed by atoms with E-state index >= 15 is 0 Å². The average molecular weight is 820 g/mol. The summed E-state index contributed by atoms with van der Waals surface area (Å²) < 4.78 is 0. The highest BCUT2D eigenvalue weighted by Gasteiger charge is 2.27. The van der Waals surface area contributed by atoms with Gasteiger partial charge in [-0.2, -0.15) is 0 Å². The molecule has 0 aliphatic carbocycles. The molecule has 0 unspecified atom stereocenters. The molecule has 0 N–H and O–H groups in total. The summed E-state index contributed by atoms with van der Waals surface area (Å²) in [5.74, 6) is 0. The fraction of sp³-hybridized carbons (Fsp3) is 0.0492. The summed E-state index contributed by atoms with van der Waals surface area (Å²) >= 11 is 0. The van der Waals surface area contributed by atoms with Crippen LogP contribution >= 0.6 is 0 Å². The highest BCUT2D eigenvalue weighted by atomic mass is 15.2. The van der Waals surface area contributed by atoms with Crippen LogP contribution in [-0.2, 0) is 6.42 Å². The van der Waals surface area contributed by atoms with E-state index in [1.54, 1.807) is 0 Å². The standard InChI is InChI=1S/C61H45N3/c1-4-20-46(21-5-1)60-55-36-34-54(64(50-27-8-3-9-28-50)52-33-31-44-18-11-13-23-48(44)40-52)42-58(55)61(62-38-16-24-45-19-14-15-29-59(45)62)56-37-35-53(41-57(56)60)63(49-25-6-2-7-26-49)51-32-30-43-17-10-12-22-47(43)39-51/h1-15,17-23,25-37,39-42H,16,24,38H2. The van der Waals surface area contributed by atoms with E-state index in [1.165, 1.54) is 71.2 Å². The summed E-state index contributed by atoms with van der Waals surface area (Å²) in [6, 6.07) is 86.8. The van der Waals surface area contributed by atoms with E-state index in [0.717, 1.165) is 53.5 Å². The topological polar surface area (TPSA) is 9.72 Å². The molecule has 0 amide bonds. The molecule has 0 aromatic heterocycles. The molecule has 3 nitrogen and oxygen atoms in total. The Hall–Kier alpha value is -8.14. The normalized spacial score (nSPS) is 12.5. The molecule has 0 saturated heterocycles. The SMILES string of the molecule is c1ccc(-c2c3cc(N(c4ccccc4)c4ccc5ccccc5c4)ccc3c(N3CCCc4ccccc43)c3cc(N(c4ccccc4)c4ccc5ccccc5c4)ccc23)cc1. The van der Waals surface area contributed by atoms with E-state index in [-0.39, 0.29) is 0 Å². The number of rotatable bonds is 8. The van der Waals surface area contributed by atoms with Gasteiger partial charge in [0.15, 0.2) is 0 Å². The van der Waals surface area contributed by atoms with Gasteiger partial charge in [0.05, 0.1) is 5.69 Å². The second-order valence-corrected chi connectivity index (χ2v) is 16.8. The molecule has 3 heteroatoms. The van der Waals surface area contributed by atoms with Gasteiger partial charge in [-0.3, -0.25) is 0 Å². The van der Waals surface area contributed by atoms with Crippen LogP contribution in [0.4, 0.5) is 45.5 Å². The third kappa shape index (κ3) is 6.61. The third-order valence-electron chi connectivity index (χ3n) is 13.0. The first-order chi connectivity index (χ1) is 31.7. The minimum Gasteiger partial charge on any atom is -0.340 e. The summed E-state index contributed by atoms with van der Waals surface area (Å²) in [7, 11) is 0. The summed E-state index contributed by atoms with van der Waals surface area (Å²) in [5, 5.41) is 9.79. The van der Waals surface area contributed by atoms with Crippen molar-refractivity contribution in [2.45, 2.75) is 12.8 Å². The first-order valence-electron chi connectivity index (χ1n) is 22.4. The van der Waals surface area contributed by atoms with Crippen molar-refractivity contribution in [1.29, 1.82) is 0 Å². The van der Waals surface area contributed by atoms with Crippen molar-refractivity contribution >= 4 is 88.6 Å². The zero-order valence-electron chi connectivity index (χ0n) is 35.5. The highest BCUT2D eigenvalue weighted by Crippen LogP contribution is 2.50. The van der Waals surface area contributed by atoms with Gasteiger partial charge in [0, 0.05) is 57.1 Å². The molecule has 0 saturated carbocycles. The lowest BCUT2D eigenvalue weighted by Gasteiger charge is -2.35. The smallest absolute Gasteiger partial charge is 0.0571 e. The van der Waals surface area contributed by atoms with Crippen LogP contribution in [0.15, 0.2) is 237 Å². The molecule has 0 bridgehead atoms. The van der Waals surface area contributed by atoms with Crippen LogP contribution in [0.25, 0.3) is 54.2 Å². The van der Waals surface area contributed by atoms with Crippen LogP contribution in [0, 0.1) is 0 Å². The Kier molecular flexibility index (Phi) is 9.38. The number of hydrogen-bond acceptors (Lipinski definition) is 3. The van der Waals surface area contributed by atoms with Crippen molar-refractivity contribution < 1.29 is 0 Å². The third-order valence-corrected chi connectivity index (χ3v) is 13.0. The van der Waals surface area contributed by atoms with Crippen molar-refractivity contribution in [1.82, 2.24) is 0 Å². The quantitative estimate of drug-likeness (QED) is 0.141. The van der Waals surface area contributed by atoms with E-state index < -0.39 is 0 Å². The fourth-order valence-corrected chi connectivity index (χ4v) is 10.1. The highest BCUT2D eigenvalue weighted by molar-refractivity contribution is 6.23. The van der Waals surface area contributed by atoms with Crippen molar-refractivity contribution in [3.63, 3.8) is 0 Å². The number of fused-ring (bicyclic) bond motifs is 5. The summed E-state index contributed by atoms with van der Waals surface area (Å²) in [6.07, 6.45) is 2.15. The van der Waals surface area contributed by atoms with Gasteiger partial charge in [-0.25, -0.2) is 0 Å². The number of benzene rings is 11. The molecule has 0 spiro atoms. The van der Waals surface area contributed by atoms with Gasteiger partial charge in [-0.05, 0) is 141 Å². The molecule has 304 valence electrons. The maximum absolute atomic E-state index is 2.61. The Morgan fingerprint density at radius 2 is 0.797 bits per heavy atom. The van der Waals surface area contributed by atoms with Gasteiger partial charge in [-0.15, -0.1) is 0 Å². The zero-order chi connectivity index (χ0) is 42.4. The van der Waals surface area contributed by atoms with E-state index in [0.29, 0.717) is 0 Å². The Balaban J connectivity index is 1.16. The predicted octanol–water partition coefficient (Wildman–Crippen LogP) is 17.0. The molecule has 64 heavy (non-hydrogen) atoms. The molecule has 0 atom stereocenters. The first kappa shape index (κ1) is 37.6. The van der Waals surface area contributed by atoms with Gasteiger partial charge in [0.1, 0.15) is 0 Å². The summed E-state index contributed by atoms with van der Waals surface area (Å²) in [6.45, 7) is 0.929. The summed E-state index contributed by atoms with van der Waals surface area (Å²) in [5.41, 5.74) is 13.0. The molecule has 11 aromatic carbocycles. The zero-order valence-corrected chi connectivity index (χ0v) is 35.5. The molecule has 1 aliphatic rings. The molecule has 0 fully saturated rings. The number of aryl methyl sites for hydroxylation is 1. The van der Waals surface area contributed by atoms with Crippen LogP contribution in [0.1, 0.15) is 12.0 Å². The largest absolute Gasteiger partial charge is 0.340 e. The van der Waals surface area contributed by atoms with Gasteiger partial charge in [0.2, 0.25) is 0 Å².